The first-order valence-electron chi connectivity index (χ1n) is 11.6. The molecule has 0 bridgehead atoms. The van der Waals surface area contributed by atoms with E-state index in [4.69, 9.17) is 5.73 Å². The van der Waals surface area contributed by atoms with Crippen LogP contribution in [-0.2, 0) is 10.0 Å². The number of benzene rings is 2. The maximum absolute atomic E-state index is 12.8. The molecule has 3 N–H and O–H groups in total. The molecule has 1 aromatic heterocycles. The molecule has 33 heavy (non-hydrogen) atoms. The van der Waals surface area contributed by atoms with Crippen LogP contribution in [0.5, 0.6) is 0 Å². The third-order valence-corrected chi connectivity index (χ3v) is 8.80. The minimum Gasteiger partial charge on any atom is -0.396 e. The van der Waals surface area contributed by atoms with Crippen molar-refractivity contribution in [1.82, 2.24) is 9.47 Å². The molecule has 0 radical (unpaired) electrons. The predicted octanol–water partition coefficient (Wildman–Crippen LogP) is 4.61. The molecule has 0 saturated heterocycles. The average Bonchev–Trinajstić information content (AvgIpc) is 3.59. The van der Waals surface area contributed by atoms with Gasteiger partial charge in [-0.25, -0.2) is 8.42 Å². The number of sulfonamides is 1. The molecule has 174 valence electrons. The van der Waals surface area contributed by atoms with Crippen LogP contribution in [0.4, 0.5) is 11.4 Å². The summed E-state index contributed by atoms with van der Waals surface area (Å²) in [5.74, 6) is -0.00631. The number of fused-ring (bicyclic) bond motifs is 1. The van der Waals surface area contributed by atoms with Crippen LogP contribution in [0.3, 0.4) is 0 Å². The molecule has 2 aromatic carbocycles. The van der Waals surface area contributed by atoms with Crippen LogP contribution in [0.25, 0.3) is 22.2 Å². The minimum absolute atomic E-state index is 0.00631. The van der Waals surface area contributed by atoms with Crippen LogP contribution in [0.1, 0.15) is 55.4 Å². The highest BCUT2D eigenvalue weighted by Gasteiger charge is 2.35. The zero-order valence-electron chi connectivity index (χ0n) is 19.0. The second-order valence-electron chi connectivity index (χ2n) is 9.19. The molecule has 0 atom stereocenters. The fourth-order valence-corrected chi connectivity index (χ4v) is 5.86. The zero-order valence-corrected chi connectivity index (χ0v) is 19.9. The van der Waals surface area contributed by atoms with E-state index in [9.17, 15) is 13.2 Å². The van der Waals surface area contributed by atoms with Crippen LogP contribution in [0.15, 0.2) is 42.5 Å². The number of hydrogen-bond donors (Lipinski definition) is 2. The van der Waals surface area contributed by atoms with Crippen LogP contribution in [0.2, 0.25) is 0 Å². The van der Waals surface area contributed by atoms with Gasteiger partial charge in [0.25, 0.3) is 5.91 Å². The second-order valence-corrected chi connectivity index (χ2v) is 11.2. The SMILES string of the molecule is CCN(C)C(=O)c1ccc2c(N)c(-c3ccc(NS(=O)(=O)C4CC4)cc3)n(C3CCC3)c2c1. The standard InChI is InChI=1S/C25H30N4O3S/c1-3-28(2)25(30)17-9-14-21-22(15-17)29(19-5-4-6-19)24(23(21)26)16-7-10-18(11-8-16)27-33(31,32)20-12-13-20/h7-11,14-15,19-20,27H,3-6,12-13,26H2,1-2H3. The molecule has 2 aliphatic rings. The molecule has 7 nitrogen and oxygen atoms in total. The Morgan fingerprint density at radius 3 is 2.39 bits per heavy atom. The first-order chi connectivity index (χ1) is 15.8. The number of rotatable bonds is 7. The Bertz CT molecular complexity index is 1320. The molecule has 0 unspecified atom stereocenters. The summed E-state index contributed by atoms with van der Waals surface area (Å²) in [6.07, 6.45) is 4.77. The number of amides is 1. The molecule has 2 fully saturated rings. The number of aromatic nitrogens is 1. The number of nitrogens with two attached hydrogens (primary N) is 1. The predicted molar refractivity (Wildman–Crippen MR) is 133 cm³/mol. The Labute approximate surface area is 194 Å². The highest BCUT2D eigenvalue weighted by Crippen LogP contribution is 2.44. The van der Waals surface area contributed by atoms with Crippen molar-refractivity contribution < 1.29 is 13.2 Å². The van der Waals surface area contributed by atoms with Crippen molar-refractivity contribution in [2.45, 2.75) is 50.3 Å². The normalized spacial score (nSPS) is 16.5. The van der Waals surface area contributed by atoms with E-state index in [1.165, 1.54) is 6.42 Å². The average molecular weight is 467 g/mol. The summed E-state index contributed by atoms with van der Waals surface area (Å²) in [5, 5.41) is 0.670. The fourth-order valence-electron chi connectivity index (χ4n) is 4.47. The number of nitrogens with one attached hydrogen (secondary N) is 1. The smallest absolute Gasteiger partial charge is 0.253 e. The first kappa shape index (κ1) is 21.8. The van der Waals surface area contributed by atoms with Crippen molar-refractivity contribution in [1.29, 1.82) is 0 Å². The summed E-state index contributed by atoms with van der Waals surface area (Å²) >= 11 is 0. The van der Waals surface area contributed by atoms with E-state index in [-0.39, 0.29) is 11.2 Å². The lowest BCUT2D eigenvalue weighted by molar-refractivity contribution is 0.0802. The van der Waals surface area contributed by atoms with Gasteiger partial charge < -0.3 is 15.2 Å². The Hall–Kier alpha value is -3.00. The maximum Gasteiger partial charge on any atom is 0.253 e. The van der Waals surface area contributed by atoms with Gasteiger partial charge in [-0.3, -0.25) is 9.52 Å². The van der Waals surface area contributed by atoms with Gasteiger partial charge in [-0.1, -0.05) is 12.1 Å². The van der Waals surface area contributed by atoms with Crippen molar-refractivity contribution >= 4 is 38.2 Å². The third kappa shape index (κ3) is 3.86. The highest BCUT2D eigenvalue weighted by molar-refractivity contribution is 7.93. The Balaban J connectivity index is 1.57. The summed E-state index contributed by atoms with van der Waals surface area (Å²) in [7, 11) is -1.50. The molecular weight excluding hydrogens is 436 g/mol. The Morgan fingerprint density at radius 2 is 1.82 bits per heavy atom. The molecule has 0 aliphatic heterocycles. The maximum atomic E-state index is 12.8. The third-order valence-electron chi connectivity index (χ3n) is 6.93. The van der Waals surface area contributed by atoms with Crippen molar-refractivity contribution in [2.24, 2.45) is 0 Å². The van der Waals surface area contributed by atoms with E-state index >= 15 is 0 Å². The molecule has 2 saturated carbocycles. The van der Waals surface area contributed by atoms with Gasteiger partial charge in [0.2, 0.25) is 10.0 Å². The van der Waals surface area contributed by atoms with E-state index in [0.717, 1.165) is 47.8 Å². The molecular formula is C25H30N4O3S. The minimum atomic E-state index is -3.30. The number of hydrogen-bond acceptors (Lipinski definition) is 4. The lowest BCUT2D eigenvalue weighted by atomic mass is 9.92. The summed E-state index contributed by atoms with van der Waals surface area (Å²) in [5.41, 5.74) is 11.4. The molecule has 1 heterocycles. The Morgan fingerprint density at radius 1 is 1.12 bits per heavy atom. The lowest BCUT2D eigenvalue weighted by Crippen LogP contribution is -2.26. The number of nitrogens with zero attached hydrogens (tertiary/aromatic N) is 2. The van der Waals surface area contributed by atoms with Gasteiger partial charge >= 0.3 is 0 Å². The van der Waals surface area contributed by atoms with Gasteiger partial charge in [-0.2, -0.15) is 0 Å². The first-order valence-corrected chi connectivity index (χ1v) is 13.2. The molecule has 3 aromatic rings. The lowest BCUT2D eigenvalue weighted by Gasteiger charge is -2.30. The summed E-state index contributed by atoms with van der Waals surface area (Å²) in [6, 6.07) is 13.5. The van der Waals surface area contributed by atoms with Gasteiger partial charge in [-0.15, -0.1) is 0 Å². The van der Waals surface area contributed by atoms with Crippen molar-refractivity contribution in [3.63, 3.8) is 0 Å². The molecule has 8 heteroatoms. The number of carbonyl (C=O) groups is 1. The molecule has 5 rings (SSSR count). The van der Waals surface area contributed by atoms with Crippen LogP contribution in [-0.4, -0.2) is 42.6 Å². The summed E-state index contributed by atoms with van der Waals surface area (Å²) in [6.45, 7) is 2.60. The van der Waals surface area contributed by atoms with E-state index in [1.54, 1.807) is 24.1 Å². The van der Waals surface area contributed by atoms with Crippen LogP contribution < -0.4 is 10.5 Å². The van der Waals surface area contributed by atoms with E-state index < -0.39 is 10.0 Å². The van der Waals surface area contributed by atoms with Gasteiger partial charge in [0.1, 0.15) is 0 Å². The molecule has 2 aliphatic carbocycles. The highest BCUT2D eigenvalue weighted by atomic mass is 32.2. The van der Waals surface area contributed by atoms with Crippen molar-refractivity contribution in [3.05, 3.63) is 48.0 Å². The van der Waals surface area contributed by atoms with E-state index in [1.807, 2.05) is 37.3 Å². The molecule has 1 amide bonds. The van der Waals surface area contributed by atoms with Gasteiger partial charge in [0.05, 0.1) is 22.1 Å². The number of carbonyl (C=O) groups excluding carboxylic acids is 1. The van der Waals surface area contributed by atoms with Crippen LogP contribution >= 0.6 is 0 Å². The topological polar surface area (TPSA) is 97.4 Å². The van der Waals surface area contributed by atoms with Gasteiger partial charge in [0, 0.05) is 41.8 Å². The zero-order chi connectivity index (χ0) is 23.3. The fraction of sp³-hybridized carbons (Fsp3) is 0.400. The second kappa shape index (κ2) is 8.09. The monoisotopic (exact) mass is 466 g/mol. The summed E-state index contributed by atoms with van der Waals surface area (Å²) < 4.78 is 29.5. The van der Waals surface area contributed by atoms with Gasteiger partial charge in [-0.05, 0) is 69.4 Å². The quantitative estimate of drug-likeness (QED) is 0.531. The van der Waals surface area contributed by atoms with Crippen molar-refractivity contribution in [2.75, 3.05) is 24.0 Å². The Kier molecular flexibility index (Phi) is 5.35. The number of anilines is 2. The van der Waals surface area contributed by atoms with Crippen molar-refractivity contribution in [3.8, 4) is 11.3 Å². The number of nitrogen functional groups attached to an aromatic ring is 1. The largest absolute Gasteiger partial charge is 0.396 e. The van der Waals surface area contributed by atoms with E-state index in [2.05, 4.69) is 9.29 Å². The molecule has 0 spiro atoms. The van der Waals surface area contributed by atoms with E-state index in [0.29, 0.717) is 29.5 Å². The van der Waals surface area contributed by atoms with Crippen LogP contribution in [0, 0.1) is 0 Å². The van der Waals surface area contributed by atoms with Gasteiger partial charge in [0.15, 0.2) is 0 Å². The summed E-state index contributed by atoms with van der Waals surface area (Å²) in [4.78, 5) is 14.5.